The summed E-state index contributed by atoms with van der Waals surface area (Å²) in [5.41, 5.74) is 31.8. The number of benzene rings is 4. The number of fused-ring (bicyclic) bond motifs is 2. The van der Waals surface area contributed by atoms with E-state index in [1.807, 2.05) is 65.2 Å². The third kappa shape index (κ3) is 44.7. The van der Waals surface area contributed by atoms with Crippen molar-refractivity contribution in [2.45, 2.75) is 295 Å². The van der Waals surface area contributed by atoms with Crippen molar-refractivity contribution in [3.05, 3.63) is 183 Å². The number of urea groups is 2. The van der Waals surface area contributed by atoms with Crippen LogP contribution in [0.15, 0.2) is 143 Å². The van der Waals surface area contributed by atoms with Gasteiger partial charge in [0.25, 0.3) is 11.8 Å². The fourth-order valence-corrected chi connectivity index (χ4v) is 17.1. The van der Waals surface area contributed by atoms with Crippen molar-refractivity contribution < 1.29 is 81.4 Å². The summed E-state index contributed by atoms with van der Waals surface area (Å²) in [6, 6.07) is 24.2. The summed E-state index contributed by atoms with van der Waals surface area (Å²) in [6.07, 6.45) is 25.8. The van der Waals surface area contributed by atoms with Gasteiger partial charge in [-0.05, 0) is 189 Å². The van der Waals surface area contributed by atoms with E-state index in [2.05, 4.69) is 90.2 Å². The van der Waals surface area contributed by atoms with Crippen LogP contribution >= 0.6 is 0 Å². The fraction of sp³-hybridized carbons (Fsp3) is 0.513. The molecule has 12 amide bonds. The first-order chi connectivity index (χ1) is 70.8. The smallest absolute Gasteiger partial charge is 0.407 e. The molecule has 2 aliphatic rings. The third-order valence-electron chi connectivity index (χ3n) is 25.2. The number of ketones is 4. The zero-order chi connectivity index (χ0) is 108. The van der Waals surface area contributed by atoms with Gasteiger partial charge in [0.05, 0.1) is 53.8 Å². The van der Waals surface area contributed by atoms with Gasteiger partial charge in [0.1, 0.15) is 30.7 Å². The molecule has 4 atom stereocenters. The van der Waals surface area contributed by atoms with Crippen LogP contribution in [0.3, 0.4) is 0 Å². The standard InChI is InChI=1S/C57H80N10O9.C56H78N8O8/c1-7-26-67(27-8-2)55(73)44-29-41-20-21-43(30-48(41)65-50(58)32-44)54(72)64-46-28-40(33-60-34-46)19-24-47(68)35-62-57(75)76-36-39-17-22-45(23-18-39)63-53(71)42(15-13-25-61-56(59)74)31-49(69)52(38(5)6)66-51(70)16-12-10-9-11-14-37(3)4;1-7-26-64(27-8-2)55(70)44-30-42-22-23-43(31-49(42)62-51(57)32-44)53(68)61-45-28-41(34-59-35-45)21-24-52(67)72-36-40-19-17-39(18-20-40)29-50(66)48(16-13-25-60-56(58)71)63-54(69)47(38(5)6)33-46(65)15-12-10-9-11-14-37(3)4/h17-18,20-23,28-30,33-34,37-38,42,52H,7-16,19,24-27,31-32,35-36H2,1-6H3,(H2,58,65)(H,62,75)(H,63,71)(H,64,72)(H,66,70)(H3,59,61,74);17-20,22-23,28,30-31,34-35,37-38,47-48H,7-16,21,24-27,29,32-33,36H2,1-6H3,(H2,57,62)(H,61,68)(H,63,69)(H3,58,60,71). The van der Waals surface area contributed by atoms with Crippen LogP contribution in [0.5, 0.6) is 0 Å². The summed E-state index contributed by atoms with van der Waals surface area (Å²) in [6.45, 7) is 27.1. The number of aromatic nitrogens is 2. The molecule has 0 saturated carbocycles. The molecule has 4 heterocycles. The van der Waals surface area contributed by atoms with Gasteiger partial charge in [-0.25, -0.2) is 24.4 Å². The number of Topliss-reactive ketones (excluding diaryl/α,β-unsaturated/α-hetero) is 4. The largest absolute Gasteiger partial charge is 0.461 e. The Balaban J connectivity index is 0.000000401. The number of carbonyl (C=O) groups excluding carboxylic acids is 15. The molecule has 4 aromatic carbocycles. The molecule has 35 heteroatoms. The van der Waals surface area contributed by atoms with Crippen molar-refractivity contribution in [1.82, 2.24) is 46.4 Å². The van der Waals surface area contributed by atoms with E-state index < -0.39 is 65.8 Å². The highest BCUT2D eigenvalue weighted by molar-refractivity contribution is 6.10. The Morgan fingerprint density at radius 2 is 0.899 bits per heavy atom. The molecule has 2 aliphatic heterocycles. The number of nitrogens with one attached hydrogen (secondary N) is 8. The molecule has 802 valence electrons. The first-order valence-corrected chi connectivity index (χ1v) is 52.5. The third-order valence-corrected chi connectivity index (χ3v) is 25.2. The summed E-state index contributed by atoms with van der Waals surface area (Å²) in [5.74, 6) is -2.80. The molecule has 6 aromatic rings. The van der Waals surface area contributed by atoms with Gasteiger partial charge < -0.3 is 84.7 Å². The Kier molecular flexibility index (Phi) is 52.8. The van der Waals surface area contributed by atoms with Crippen LogP contribution in [-0.4, -0.2) is 178 Å². The molecule has 0 aliphatic carbocycles. The number of amides is 12. The number of unbranched alkanes of at least 4 members (excludes halogenated alkanes) is 6. The number of anilines is 3. The number of ether oxygens (including phenoxy) is 2. The molecule has 0 saturated heterocycles. The Morgan fingerprint density at radius 1 is 0.426 bits per heavy atom. The van der Waals surface area contributed by atoms with Crippen molar-refractivity contribution in [3.63, 3.8) is 0 Å². The minimum atomic E-state index is -0.842. The highest BCUT2D eigenvalue weighted by atomic mass is 16.5. The fourth-order valence-electron chi connectivity index (χ4n) is 17.1. The molecular weight excluding hydrogens is 1880 g/mol. The van der Waals surface area contributed by atoms with E-state index >= 15 is 0 Å². The van der Waals surface area contributed by atoms with Gasteiger partial charge in [0.2, 0.25) is 29.5 Å². The highest BCUT2D eigenvalue weighted by Crippen LogP contribution is 2.33. The lowest BCUT2D eigenvalue weighted by atomic mass is 9.88. The Hall–Kier alpha value is -14.2. The van der Waals surface area contributed by atoms with E-state index in [0.29, 0.717) is 161 Å². The number of aliphatic imine (C=N–C) groups is 2. The van der Waals surface area contributed by atoms with Crippen LogP contribution in [-0.2, 0) is 89.9 Å². The van der Waals surface area contributed by atoms with Gasteiger partial charge in [-0.2, -0.15) is 0 Å². The summed E-state index contributed by atoms with van der Waals surface area (Å²) >= 11 is 0. The average molecular weight is 2040 g/mol. The van der Waals surface area contributed by atoms with E-state index in [9.17, 15) is 71.9 Å². The number of nitrogens with two attached hydrogens (primary N) is 4. The topological polar surface area (TPSA) is 532 Å². The lowest BCUT2D eigenvalue weighted by molar-refractivity contribution is -0.145. The number of amidine groups is 2. The molecule has 0 radical (unpaired) electrons. The number of carbonyl (C=O) groups is 15. The second-order valence-corrected chi connectivity index (χ2v) is 39.7. The number of primary amides is 2. The Morgan fingerprint density at radius 3 is 1.39 bits per heavy atom. The van der Waals surface area contributed by atoms with E-state index in [0.717, 1.165) is 89.0 Å². The molecule has 148 heavy (non-hydrogen) atoms. The second kappa shape index (κ2) is 64.8. The van der Waals surface area contributed by atoms with Crippen molar-refractivity contribution in [1.29, 1.82) is 0 Å². The van der Waals surface area contributed by atoms with E-state index in [1.165, 1.54) is 18.8 Å². The maximum Gasteiger partial charge on any atom is 0.407 e. The molecule has 16 N–H and O–H groups in total. The summed E-state index contributed by atoms with van der Waals surface area (Å²) in [5, 5.41) is 21.9. The molecule has 35 nitrogen and oxygen atoms in total. The zero-order valence-electron chi connectivity index (χ0n) is 88.6. The van der Waals surface area contributed by atoms with Gasteiger partial charge in [-0.1, -0.05) is 183 Å². The number of hydrogen-bond acceptors (Lipinski definition) is 23. The Labute approximate surface area is 871 Å². The summed E-state index contributed by atoms with van der Waals surface area (Å²) < 4.78 is 10.9. The zero-order valence-corrected chi connectivity index (χ0v) is 88.6. The minimum absolute atomic E-state index is 0.0143. The van der Waals surface area contributed by atoms with Crippen molar-refractivity contribution in [2.75, 3.05) is 61.8 Å². The number of esters is 1. The molecule has 4 unspecified atom stereocenters. The number of hydrogen-bond donors (Lipinski definition) is 12. The first-order valence-electron chi connectivity index (χ1n) is 52.5. The summed E-state index contributed by atoms with van der Waals surface area (Å²) in [7, 11) is 0. The molecular formula is C113H158N18O17. The highest BCUT2D eigenvalue weighted by Gasteiger charge is 2.33. The van der Waals surface area contributed by atoms with Crippen LogP contribution in [0, 0.1) is 35.5 Å². The molecule has 0 bridgehead atoms. The second-order valence-electron chi connectivity index (χ2n) is 39.7. The lowest BCUT2D eigenvalue weighted by Crippen LogP contribution is -2.46. The van der Waals surface area contributed by atoms with Crippen LogP contribution < -0.4 is 65.5 Å². The van der Waals surface area contributed by atoms with Crippen molar-refractivity contribution >= 4 is 141 Å². The molecule has 0 spiro atoms. The normalized spacial score (nSPS) is 12.8. The number of aryl methyl sites for hydroxylation is 2. The monoisotopic (exact) mass is 2040 g/mol. The van der Waals surface area contributed by atoms with Gasteiger partial charge in [0, 0.05) is 160 Å². The summed E-state index contributed by atoms with van der Waals surface area (Å²) in [4.78, 5) is 216. The molecule has 0 fully saturated rings. The van der Waals surface area contributed by atoms with Gasteiger partial charge in [-0.15, -0.1) is 0 Å². The number of alkyl carbamates (subject to hydrolysis) is 1. The number of pyridine rings is 2. The minimum Gasteiger partial charge on any atom is -0.461 e. The van der Waals surface area contributed by atoms with Crippen molar-refractivity contribution in [2.24, 2.45) is 68.4 Å². The Bertz CT molecular complexity index is 5560. The van der Waals surface area contributed by atoms with E-state index in [-0.39, 0.29) is 161 Å². The van der Waals surface area contributed by atoms with Crippen LogP contribution in [0.25, 0.3) is 12.2 Å². The average Bonchev–Trinajstić information content (AvgIpc) is 1.64. The first kappa shape index (κ1) is 121. The molecule has 2 aromatic heterocycles. The van der Waals surface area contributed by atoms with Crippen molar-refractivity contribution in [3.8, 4) is 0 Å². The number of nitrogens with zero attached hydrogens (tertiary/aromatic N) is 6. The maximum atomic E-state index is 13.7. The lowest BCUT2D eigenvalue weighted by Gasteiger charge is -2.24. The SMILES string of the molecule is CCCN(CCC)C(=O)C1=Cc2ccc(C(=O)Nc3cncc(CCC(=O)CNC(=O)OCc4ccc(NC(=O)C(CCCNC(N)=O)CC(=O)C(NC(=O)CCCCCCC(C)C)C(C)C)cc4)c3)cc2N=C(N)C1.CCCN(CCC)C(=O)C1=Cc2ccc(C(=O)Nc3cncc(CCC(=O)OCc4ccc(CC(=O)C(CCCNC(N)=O)NC(=O)C(CC(=O)CCCCCCC(C)C)C(C)C)cc4)c3)cc2N=C(N)C1. The predicted molar refractivity (Wildman–Crippen MR) is 578 cm³/mol. The van der Waals surface area contributed by atoms with Gasteiger partial charge in [0.15, 0.2) is 17.3 Å². The molecule has 8 rings (SSSR count). The predicted octanol–water partition coefficient (Wildman–Crippen LogP) is 17.0. The van der Waals surface area contributed by atoms with Gasteiger partial charge in [-0.3, -0.25) is 67.5 Å². The maximum absolute atomic E-state index is 13.7. The van der Waals surface area contributed by atoms with E-state index in [4.69, 9.17) is 32.4 Å². The van der Waals surface area contributed by atoms with Crippen LogP contribution in [0.1, 0.15) is 310 Å². The van der Waals surface area contributed by atoms with Gasteiger partial charge >= 0.3 is 24.1 Å². The van der Waals surface area contributed by atoms with Crippen LogP contribution in [0.4, 0.5) is 42.8 Å². The van der Waals surface area contributed by atoms with Crippen LogP contribution in [0.2, 0.25) is 0 Å². The quantitative estimate of drug-likeness (QED) is 0.0125. The number of rotatable bonds is 63. The van der Waals surface area contributed by atoms with E-state index in [1.54, 1.807) is 122 Å².